The second-order valence-corrected chi connectivity index (χ2v) is 7.53. The Hall–Kier alpha value is -3.90. The van der Waals surface area contributed by atoms with Gasteiger partial charge in [0.05, 0.1) is 0 Å². The summed E-state index contributed by atoms with van der Waals surface area (Å²) >= 11 is 1.26. The Bertz CT molecular complexity index is 1250. The molecule has 0 saturated carbocycles. The van der Waals surface area contributed by atoms with Gasteiger partial charge in [0.15, 0.2) is 5.75 Å². The van der Waals surface area contributed by atoms with Crippen LogP contribution in [0.4, 0.5) is 0 Å². The lowest BCUT2D eigenvalue weighted by atomic mass is 10.1. The number of ether oxygens (including phenoxy) is 1. The number of thiophene rings is 1. The van der Waals surface area contributed by atoms with Crippen LogP contribution in [0.2, 0.25) is 0 Å². The maximum absolute atomic E-state index is 13.1. The van der Waals surface area contributed by atoms with Crippen molar-refractivity contribution in [1.29, 1.82) is 0 Å². The predicted octanol–water partition coefficient (Wildman–Crippen LogP) is 5.73. The van der Waals surface area contributed by atoms with Gasteiger partial charge in [-0.2, -0.15) is 0 Å². The number of fused-ring (bicyclic) bond motifs is 1. The molecular formula is C24H16O5S. The SMILES string of the molecule is O=C(O)/C=C/c1ccc(Oc2c(C(=O)c3ccccc3)sc3cc(O)ccc23)cc1. The fourth-order valence-electron chi connectivity index (χ4n) is 2.97. The van der Waals surface area contributed by atoms with Crippen LogP contribution in [-0.2, 0) is 4.79 Å². The first-order valence-corrected chi connectivity index (χ1v) is 9.87. The molecule has 0 aliphatic rings. The summed E-state index contributed by atoms with van der Waals surface area (Å²) in [6.07, 6.45) is 2.55. The first-order chi connectivity index (χ1) is 14.5. The molecule has 1 aromatic heterocycles. The van der Waals surface area contributed by atoms with Crippen LogP contribution in [0.1, 0.15) is 20.8 Å². The summed E-state index contributed by atoms with van der Waals surface area (Å²) in [5.41, 5.74) is 1.26. The highest BCUT2D eigenvalue weighted by atomic mass is 32.1. The van der Waals surface area contributed by atoms with Crippen molar-refractivity contribution in [3.05, 3.63) is 94.9 Å². The smallest absolute Gasteiger partial charge is 0.328 e. The van der Waals surface area contributed by atoms with Crippen molar-refractivity contribution in [3.63, 3.8) is 0 Å². The van der Waals surface area contributed by atoms with E-state index in [4.69, 9.17) is 9.84 Å². The van der Waals surface area contributed by atoms with E-state index in [1.54, 1.807) is 66.7 Å². The van der Waals surface area contributed by atoms with Crippen LogP contribution in [0.5, 0.6) is 17.2 Å². The van der Waals surface area contributed by atoms with Crippen LogP contribution in [-0.4, -0.2) is 22.0 Å². The highest BCUT2D eigenvalue weighted by Crippen LogP contribution is 2.42. The third-order valence-corrected chi connectivity index (χ3v) is 5.52. The quantitative estimate of drug-likeness (QED) is 0.310. The second-order valence-electron chi connectivity index (χ2n) is 6.48. The minimum Gasteiger partial charge on any atom is -0.508 e. The minimum atomic E-state index is -1.02. The molecule has 3 aromatic carbocycles. The number of hydrogen-bond acceptors (Lipinski definition) is 5. The standard InChI is InChI=1S/C24H16O5S/c25-17-9-12-19-20(14-17)30-24(22(28)16-4-2-1-3-5-16)23(19)29-18-10-6-15(7-11-18)8-13-21(26)27/h1-14,25H,(H,26,27)/b13-8+. The van der Waals surface area contributed by atoms with E-state index in [1.807, 2.05) is 6.07 Å². The lowest BCUT2D eigenvalue weighted by molar-refractivity contribution is -0.131. The zero-order chi connectivity index (χ0) is 21.1. The van der Waals surface area contributed by atoms with Crippen molar-refractivity contribution < 1.29 is 24.5 Å². The van der Waals surface area contributed by atoms with Crippen LogP contribution in [0.25, 0.3) is 16.2 Å². The van der Waals surface area contributed by atoms with Crippen molar-refractivity contribution >= 4 is 39.3 Å². The van der Waals surface area contributed by atoms with E-state index in [-0.39, 0.29) is 11.5 Å². The molecule has 0 saturated heterocycles. The molecule has 1 heterocycles. The normalized spacial score (nSPS) is 11.1. The van der Waals surface area contributed by atoms with E-state index in [2.05, 4.69) is 0 Å². The van der Waals surface area contributed by atoms with Crippen molar-refractivity contribution in [2.75, 3.05) is 0 Å². The second kappa shape index (κ2) is 8.23. The minimum absolute atomic E-state index is 0.114. The Morgan fingerprint density at radius 3 is 2.37 bits per heavy atom. The number of carboxylic acid groups (broad SMARTS) is 1. The van der Waals surface area contributed by atoms with Crippen LogP contribution < -0.4 is 4.74 Å². The van der Waals surface area contributed by atoms with Gasteiger partial charge in [0.25, 0.3) is 0 Å². The van der Waals surface area contributed by atoms with E-state index in [1.165, 1.54) is 17.4 Å². The molecule has 0 fully saturated rings. The van der Waals surface area contributed by atoms with Crippen LogP contribution in [0, 0.1) is 0 Å². The molecule has 4 rings (SSSR count). The number of phenolic OH excluding ortho intramolecular Hbond substituents is 1. The number of phenols is 1. The molecule has 148 valence electrons. The average Bonchev–Trinajstić information content (AvgIpc) is 3.10. The molecular weight excluding hydrogens is 400 g/mol. The molecule has 0 bridgehead atoms. The number of carbonyl (C=O) groups is 2. The number of aliphatic carboxylic acids is 1. The topological polar surface area (TPSA) is 83.8 Å². The van der Waals surface area contributed by atoms with Gasteiger partial charge in [-0.1, -0.05) is 42.5 Å². The van der Waals surface area contributed by atoms with Crippen molar-refractivity contribution in [3.8, 4) is 17.2 Å². The summed E-state index contributed by atoms with van der Waals surface area (Å²) in [5, 5.41) is 19.3. The Labute approximate surface area is 176 Å². The van der Waals surface area contributed by atoms with Crippen molar-refractivity contribution in [2.24, 2.45) is 0 Å². The molecule has 4 aromatic rings. The van der Waals surface area contributed by atoms with Crippen molar-refractivity contribution in [2.45, 2.75) is 0 Å². The van der Waals surface area contributed by atoms with E-state index < -0.39 is 5.97 Å². The molecule has 0 unspecified atom stereocenters. The van der Waals surface area contributed by atoms with Gasteiger partial charge in [0, 0.05) is 21.7 Å². The van der Waals surface area contributed by atoms with Gasteiger partial charge >= 0.3 is 5.97 Å². The number of carboxylic acids is 1. The number of hydrogen-bond donors (Lipinski definition) is 2. The third kappa shape index (κ3) is 4.09. The molecule has 0 aliphatic carbocycles. The molecule has 30 heavy (non-hydrogen) atoms. The number of benzene rings is 3. The maximum Gasteiger partial charge on any atom is 0.328 e. The van der Waals surface area contributed by atoms with E-state index >= 15 is 0 Å². The summed E-state index contributed by atoms with van der Waals surface area (Å²) in [4.78, 5) is 24.2. The number of carbonyl (C=O) groups excluding carboxylic acids is 1. The predicted molar refractivity (Wildman–Crippen MR) is 117 cm³/mol. The average molecular weight is 416 g/mol. The lowest BCUT2D eigenvalue weighted by Crippen LogP contribution is -2.00. The molecule has 6 heteroatoms. The van der Waals surface area contributed by atoms with E-state index in [0.717, 1.165) is 16.2 Å². The molecule has 0 amide bonds. The molecule has 0 radical (unpaired) electrons. The van der Waals surface area contributed by atoms with Crippen molar-refractivity contribution in [1.82, 2.24) is 0 Å². The van der Waals surface area contributed by atoms with Crippen LogP contribution >= 0.6 is 11.3 Å². The Morgan fingerprint density at radius 1 is 0.933 bits per heavy atom. The summed E-state index contributed by atoms with van der Waals surface area (Å²) in [6.45, 7) is 0. The summed E-state index contributed by atoms with van der Waals surface area (Å²) in [6, 6.07) is 20.7. The van der Waals surface area contributed by atoms with Crippen LogP contribution in [0.15, 0.2) is 78.9 Å². The zero-order valence-electron chi connectivity index (χ0n) is 15.6. The summed E-state index contributed by atoms with van der Waals surface area (Å²) < 4.78 is 6.83. The van der Waals surface area contributed by atoms with Gasteiger partial charge in [-0.15, -0.1) is 11.3 Å². The number of aromatic hydroxyl groups is 1. The first kappa shape index (κ1) is 19.4. The number of rotatable bonds is 6. The lowest BCUT2D eigenvalue weighted by Gasteiger charge is -2.08. The van der Waals surface area contributed by atoms with Gasteiger partial charge in [-0.25, -0.2) is 4.79 Å². The number of ketones is 1. The Morgan fingerprint density at radius 2 is 1.67 bits per heavy atom. The van der Waals surface area contributed by atoms with Gasteiger partial charge in [-0.3, -0.25) is 4.79 Å². The summed E-state index contributed by atoms with van der Waals surface area (Å²) in [5.74, 6) is -0.127. The maximum atomic E-state index is 13.1. The largest absolute Gasteiger partial charge is 0.508 e. The van der Waals surface area contributed by atoms with Gasteiger partial charge < -0.3 is 14.9 Å². The Kier molecular flexibility index (Phi) is 5.32. The summed E-state index contributed by atoms with van der Waals surface area (Å²) in [7, 11) is 0. The molecule has 5 nitrogen and oxygen atoms in total. The fourth-order valence-corrected chi connectivity index (χ4v) is 4.09. The van der Waals surface area contributed by atoms with Gasteiger partial charge in [0.1, 0.15) is 16.4 Å². The third-order valence-electron chi connectivity index (χ3n) is 4.39. The van der Waals surface area contributed by atoms with Gasteiger partial charge in [-0.05, 0) is 42.0 Å². The molecule has 2 N–H and O–H groups in total. The first-order valence-electron chi connectivity index (χ1n) is 9.05. The zero-order valence-corrected chi connectivity index (χ0v) is 16.4. The molecule has 0 spiro atoms. The Balaban J connectivity index is 1.74. The molecule has 0 aliphatic heterocycles. The van der Waals surface area contributed by atoms with E-state index in [0.29, 0.717) is 27.5 Å². The van der Waals surface area contributed by atoms with Crippen LogP contribution in [0.3, 0.4) is 0 Å². The van der Waals surface area contributed by atoms with E-state index in [9.17, 15) is 14.7 Å². The highest BCUT2D eigenvalue weighted by molar-refractivity contribution is 7.21. The van der Waals surface area contributed by atoms with Gasteiger partial charge in [0.2, 0.25) is 5.78 Å². The highest BCUT2D eigenvalue weighted by Gasteiger charge is 2.22. The molecule has 0 atom stereocenters. The fraction of sp³-hybridized carbons (Fsp3) is 0. The monoisotopic (exact) mass is 416 g/mol.